The van der Waals surface area contributed by atoms with Crippen molar-refractivity contribution >= 4 is 55.6 Å². The number of nitrogens with zero attached hydrogens (tertiary/aromatic N) is 3. The highest BCUT2D eigenvalue weighted by Gasteiger charge is 2.26. The van der Waals surface area contributed by atoms with E-state index in [0.29, 0.717) is 44.4 Å². The summed E-state index contributed by atoms with van der Waals surface area (Å²) in [6.07, 6.45) is 2.78. The zero-order chi connectivity index (χ0) is 22.0. The molecular formula is C20H18Cl2N4O3S2. The molecular weight excluding hydrogens is 479 g/mol. The standard InChI is InChI=1S/C20H18Cl2N4O3S2/c21-14-6-9-16(17(22)12-14)19-24-25-20(30-19)23-18(27)13-4-7-15(8-5-13)31(28,29)26-10-2-1-3-11-26/h4-9,12H,1-3,10-11H2,(H,23,25,27). The number of piperidine rings is 1. The lowest BCUT2D eigenvalue weighted by atomic mass is 10.2. The number of carbonyl (C=O) groups is 1. The first-order chi connectivity index (χ1) is 14.8. The molecule has 2 aromatic carbocycles. The SMILES string of the molecule is O=C(Nc1nnc(-c2ccc(Cl)cc2Cl)s1)c1ccc(S(=O)(=O)N2CCCCC2)cc1. The summed E-state index contributed by atoms with van der Waals surface area (Å²) in [5.41, 5.74) is 0.982. The lowest BCUT2D eigenvalue weighted by Crippen LogP contribution is -2.35. The van der Waals surface area contributed by atoms with Crippen LogP contribution >= 0.6 is 34.5 Å². The second kappa shape index (κ2) is 9.22. The van der Waals surface area contributed by atoms with Gasteiger partial charge in [0.25, 0.3) is 5.91 Å². The van der Waals surface area contributed by atoms with Crippen LogP contribution < -0.4 is 5.32 Å². The lowest BCUT2D eigenvalue weighted by Gasteiger charge is -2.25. The summed E-state index contributed by atoms with van der Waals surface area (Å²) in [7, 11) is -3.54. The summed E-state index contributed by atoms with van der Waals surface area (Å²) >= 11 is 13.3. The Labute approximate surface area is 194 Å². The van der Waals surface area contributed by atoms with E-state index in [4.69, 9.17) is 23.2 Å². The number of hydrogen-bond donors (Lipinski definition) is 1. The van der Waals surface area contributed by atoms with E-state index in [1.807, 2.05) is 0 Å². The Hall–Kier alpha value is -2.04. The number of benzene rings is 2. The van der Waals surface area contributed by atoms with Gasteiger partial charge in [-0.25, -0.2) is 8.42 Å². The molecule has 1 aliphatic heterocycles. The molecule has 0 unspecified atom stereocenters. The molecule has 3 aromatic rings. The highest BCUT2D eigenvalue weighted by atomic mass is 35.5. The summed E-state index contributed by atoms with van der Waals surface area (Å²) in [5.74, 6) is -0.410. The molecule has 162 valence electrons. The van der Waals surface area contributed by atoms with Gasteiger partial charge in [-0.1, -0.05) is 41.0 Å². The van der Waals surface area contributed by atoms with E-state index < -0.39 is 15.9 Å². The second-order valence-electron chi connectivity index (χ2n) is 6.98. The molecule has 31 heavy (non-hydrogen) atoms. The van der Waals surface area contributed by atoms with Crippen molar-refractivity contribution in [1.29, 1.82) is 0 Å². The van der Waals surface area contributed by atoms with Gasteiger partial charge in [0.1, 0.15) is 0 Å². The van der Waals surface area contributed by atoms with Crippen molar-refractivity contribution < 1.29 is 13.2 Å². The summed E-state index contributed by atoms with van der Waals surface area (Å²) in [6.45, 7) is 1.06. The molecule has 1 saturated heterocycles. The quantitative estimate of drug-likeness (QED) is 0.539. The molecule has 1 aromatic heterocycles. The number of nitrogens with one attached hydrogen (secondary N) is 1. The Morgan fingerprint density at radius 3 is 2.39 bits per heavy atom. The third-order valence-corrected chi connectivity index (χ3v) is 8.21. The van der Waals surface area contributed by atoms with E-state index in [1.165, 1.54) is 39.9 Å². The maximum absolute atomic E-state index is 12.7. The minimum absolute atomic E-state index is 0.182. The van der Waals surface area contributed by atoms with Crippen LogP contribution in [0.5, 0.6) is 0 Å². The van der Waals surface area contributed by atoms with Gasteiger partial charge in [-0.15, -0.1) is 10.2 Å². The fourth-order valence-corrected chi connectivity index (χ4v) is 6.10. The molecule has 0 aliphatic carbocycles. The predicted molar refractivity (Wildman–Crippen MR) is 122 cm³/mol. The number of rotatable bonds is 5. The molecule has 1 aliphatic rings. The van der Waals surface area contributed by atoms with Crippen molar-refractivity contribution in [3.63, 3.8) is 0 Å². The van der Waals surface area contributed by atoms with E-state index in [0.717, 1.165) is 19.3 Å². The first-order valence-electron chi connectivity index (χ1n) is 9.55. The topological polar surface area (TPSA) is 92.3 Å². The van der Waals surface area contributed by atoms with Gasteiger partial charge in [0, 0.05) is 29.2 Å². The van der Waals surface area contributed by atoms with Crippen molar-refractivity contribution in [3.8, 4) is 10.6 Å². The zero-order valence-electron chi connectivity index (χ0n) is 16.2. The minimum Gasteiger partial charge on any atom is -0.296 e. The molecule has 0 saturated carbocycles. The van der Waals surface area contributed by atoms with Crippen LogP contribution in [0.4, 0.5) is 5.13 Å². The van der Waals surface area contributed by atoms with Gasteiger partial charge in [-0.2, -0.15) is 4.31 Å². The first kappa shape index (κ1) is 22.2. The average molecular weight is 497 g/mol. The van der Waals surface area contributed by atoms with Crippen LogP contribution in [0.15, 0.2) is 47.4 Å². The van der Waals surface area contributed by atoms with Crippen LogP contribution in [0.1, 0.15) is 29.6 Å². The van der Waals surface area contributed by atoms with Gasteiger partial charge < -0.3 is 0 Å². The summed E-state index contributed by atoms with van der Waals surface area (Å²) < 4.78 is 27.0. The Bertz CT molecular complexity index is 1210. The monoisotopic (exact) mass is 496 g/mol. The molecule has 0 atom stereocenters. The van der Waals surface area contributed by atoms with E-state index in [2.05, 4.69) is 15.5 Å². The Morgan fingerprint density at radius 2 is 1.71 bits per heavy atom. The molecule has 7 nitrogen and oxygen atoms in total. The van der Waals surface area contributed by atoms with E-state index in [-0.39, 0.29) is 4.90 Å². The maximum Gasteiger partial charge on any atom is 0.257 e. The van der Waals surface area contributed by atoms with Crippen LogP contribution in [-0.2, 0) is 10.0 Å². The van der Waals surface area contributed by atoms with Crippen LogP contribution in [0, 0.1) is 0 Å². The van der Waals surface area contributed by atoms with Crippen LogP contribution in [0.3, 0.4) is 0 Å². The highest BCUT2D eigenvalue weighted by molar-refractivity contribution is 7.89. The van der Waals surface area contributed by atoms with E-state index in [9.17, 15) is 13.2 Å². The van der Waals surface area contributed by atoms with Crippen LogP contribution in [0.25, 0.3) is 10.6 Å². The normalized spacial score (nSPS) is 15.0. The number of halogens is 2. The maximum atomic E-state index is 12.7. The van der Waals surface area contributed by atoms with Gasteiger partial charge >= 0.3 is 0 Å². The fraction of sp³-hybridized carbons (Fsp3) is 0.250. The van der Waals surface area contributed by atoms with Crippen LogP contribution in [0.2, 0.25) is 10.0 Å². The summed E-state index contributed by atoms with van der Waals surface area (Å²) in [6, 6.07) is 10.9. The molecule has 0 radical (unpaired) electrons. The minimum atomic E-state index is -3.54. The van der Waals surface area contributed by atoms with Crippen molar-refractivity contribution in [2.24, 2.45) is 0 Å². The van der Waals surface area contributed by atoms with Gasteiger partial charge in [-0.05, 0) is 55.3 Å². The van der Waals surface area contributed by atoms with Crippen molar-refractivity contribution in [3.05, 3.63) is 58.1 Å². The number of hydrogen-bond acceptors (Lipinski definition) is 6. The molecule has 2 heterocycles. The van der Waals surface area contributed by atoms with Crippen LogP contribution in [-0.4, -0.2) is 41.9 Å². The molecule has 11 heteroatoms. The molecule has 4 rings (SSSR count). The van der Waals surface area contributed by atoms with Crippen molar-refractivity contribution in [2.45, 2.75) is 24.2 Å². The Kier molecular flexibility index (Phi) is 6.59. The van der Waals surface area contributed by atoms with Gasteiger partial charge in [-0.3, -0.25) is 10.1 Å². The van der Waals surface area contributed by atoms with Gasteiger partial charge in [0.2, 0.25) is 15.2 Å². The van der Waals surface area contributed by atoms with E-state index in [1.54, 1.807) is 18.2 Å². The molecule has 0 bridgehead atoms. The highest BCUT2D eigenvalue weighted by Crippen LogP contribution is 2.33. The zero-order valence-corrected chi connectivity index (χ0v) is 19.4. The summed E-state index contributed by atoms with van der Waals surface area (Å²) in [5, 5.41) is 12.5. The van der Waals surface area contributed by atoms with E-state index >= 15 is 0 Å². The third kappa shape index (κ3) is 4.91. The second-order valence-corrected chi connectivity index (χ2v) is 10.7. The molecule has 0 spiro atoms. The fourth-order valence-electron chi connectivity index (χ4n) is 3.25. The van der Waals surface area contributed by atoms with Crippen molar-refractivity contribution in [1.82, 2.24) is 14.5 Å². The average Bonchev–Trinajstić information content (AvgIpc) is 3.22. The first-order valence-corrected chi connectivity index (χ1v) is 12.6. The Morgan fingerprint density at radius 1 is 1.00 bits per heavy atom. The lowest BCUT2D eigenvalue weighted by molar-refractivity contribution is 0.102. The van der Waals surface area contributed by atoms with Gasteiger partial charge in [0.15, 0.2) is 5.01 Å². The number of anilines is 1. The van der Waals surface area contributed by atoms with Crippen molar-refractivity contribution in [2.75, 3.05) is 18.4 Å². The number of aromatic nitrogens is 2. The number of carbonyl (C=O) groups excluding carboxylic acids is 1. The molecule has 1 N–H and O–H groups in total. The molecule has 1 amide bonds. The smallest absolute Gasteiger partial charge is 0.257 e. The number of sulfonamides is 1. The Balaban J connectivity index is 1.46. The third-order valence-electron chi connectivity index (χ3n) is 4.88. The number of amides is 1. The predicted octanol–water partition coefficient (Wildman–Crippen LogP) is 4.94. The van der Waals surface area contributed by atoms with Gasteiger partial charge in [0.05, 0.1) is 9.92 Å². The summed E-state index contributed by atoms with van der Waals surface area (Å²) in [4.78, 5) is 12.7. The molecule has 1 fully saturated rings. The largest absolute Gasteiger partial charge is 0.296 e.